The fourth-order valence-corrected chi connectivity index (χ4v) is 2.25. The minimum absolute atomic E-state index is 0.295. The SMILES string of the molecule is CC(CNCC(C)(O)C(C)C)CN1CCCC1. The van der Waals surface area contributed by atoms with E-state index in [9.17, 15) is 5.11 Å². The van der Waals surface area contributed by atoms with Gasteiger partial charge in [0.1, 0.15) is 0 Å². The van der Waals surface area contributed by atoms with Crippen LogP contribution < -0.4 is 5.32 Å². The zero-order valence-corrected chi connectivity index (χ0v) is 12.0. The highest BCUT2D eigenvalue weighted by Gasteiger charge is 2.24. The van der Waals surface area contributed by atoms with Crippen LogP contribution in [-0.2, 0) is 0 Å². The summed E-state index contributed by atoms with van der Waals surface area (Å²) in [5.41, 5.74) is -0.590. The molecule has 17 heavy (non-hydrogen) atoms. The molecule has 0 aliphatic carbocycles. The average Bonchev–Trinajstić information content (AvgIpc) is 2.69. The number of hydrogen-bond acceptors (Lipinski definition) is 3. The average molecular weight is 242 g/mol. The smallest absolute Gasteiger partial charge is 0.0766 e. The molecule has 2 unspecified atom stereocenters. The predicted molar refractivity (Wildman–Crippen MR) is 73.2 cm³/mol. The van der Waals surface area contributed by atoms with Gasteiger partial charge in [-0.05, 0) is 51.2 Å². The number of rotatable bonds is 7. The van der Waals surface area contributed by atoms with E-state index in [1.54, 1.807) is 0 Å². The van der Waals surface area contributed by atoms with E-state index in [-0.39, 0.29) is 0 Å². The van der Waals surface area contributed by atoms with Crippen LogP contribution in [0.4, 0.5) is 0 Å². The highest BCUT2D eigenvalue weighted by atomic mass is 16.3. The van der Waals surface area contributed by atoms with Crippen molar-refractivity contribution in [2.75, 3.05) is 32.7 Å². The first kappa shape index (κ1) is 14.9. The summed E-state index contributed by atoms with van der Waals surface area (Å²) in [4.78, 5) is 2.55. The number of nitrogens with one attached hydrogen (secondary N) is 1. The molecule has 0 aromatic rings. The van der Waals surface area contributed by atoms with Gasteiger partial charge in [0.05, 0.1) is 5.60 Å². The van der Waals surface area contributed by atoms with Gasteiger partial charge in [-0.1, -0.05) is 20.8 Å². The first-order valence-electron chi connectivity index (χ1n) is 7.07. The maximum Gasteiger partial charge on any atom is 0.0766 e. The van der Waals surface area contributed by atoms with Crippen LogP contribution in [0.25, 0.3) is 0 Å². The molecule has 1 aliphatic rings. The Hall–Kier alpha value is -0.120. The van der Waals surface area contributed by atoms with Crippen molar-refractivity contribution in [3.8, 4) is 0 Å². The Bertz CT molecular complexity index is 210. The second-order valence-electron chi connectivity index (χ2n) is 6.26. The quantitative estimate of drug-likeness (QED) is 0.713. The number of nitrogens with zero attached hydrogens (tertiary/aromatic N) is 1. The minimum Gasteiger partial charge on any atom is -0.389 e. The Labute approximate surface area is 107 Å². The third-order valence-electron chi connectivity index (χ3n) is 3.99. The number of aliphatic hydroxyl groups is 1. The second kappa shape index (κ2) is 6.72. The van der Waals surface area contributed by atoms with Gasteiger partial charge >= 0.3 is 0 Å². The topological polar surface area (TPSA) is 35.5 Å². The molecule has 1 rings (SSSR count). The Balaban J connectivity index is 2.13. The summed E-state index contributed by atoms with van der Waals surface area (Å²) in [7, 11) is 0. The third-order valence-corrected chi connectivity index (χ3v) is 3.99. The molecule has 0 amide bonds. The number of hydrogen-bond donors (Lipinski definition) is 2. The largest absolute Gasteiger partial charge is 0.389 e. The second-order valence-corrected chi connectivity index (χ2v) is 6.26. The van der Waals surface area contributed by atoms with Crippen molar-refractivity contribution in [1.29, 1.82) is 0 Å². The van der Waals surface area contributed by atoms with E-state index in [4.69, 9.17) is 0 Å². The van der Waals surface area contributed by atoms with Crippen LogP contribution in [0.3, 0.4) is 0 Å². The van der Waals surface area contributed by atoms with Crippen molar-refractivity contribution in [2.45, 2.75) is 46.1 Å². The minimum atomic E-state index is -0.590. The highest BCUT2D eigenvalue weighted by Crippen LogP contribution is 2.15. The van der Waals surface area contributed by atoms with E-state index in [1.807, 2.05) is 6.92 Å². The van der Waals surface area contributed by atoms with Crippen LogP contribution in [0.5, 0.6) is 0 Å². The van der Waals surface area contributed by atoms with Crippen LogP contribution >= 0.6 is 0 Å². The lowest BCUT2D eigenvalue weighted by Gasteiger charge is -2.29. The van der Waals surface area contributed by atoms with Crippen LogP contribution in [0.1, 0.15) is 40.5 Å². The van der Waals surface area contributed by atoms with Crippen molar-refractivity contribution in [3.05, 3.63) is 0 Å². The van der Waals surface area contributed by atoms with Crippen molar-refractivity contribution in [1.82, 2.24) is 10.2 Å². The molecule has 3 nitrogen and oxygen atoms in total. The molecule has 1 fully saturated rings. The fourth-order valence-electron chi connectivity index (χ4n) is 2.25. The molecular weight excluding hydrogens is 212 g/mol. The Morgan fingerprint density at radius 2 is 1.82 bits per heavy atom. The molecule has 2 N–H and O–H groups in total. The molecule has 1 saturated heterocycles. The van der Waals surface area contributed by atoms with E-state index in [0.717, 1.165) is 6.54 Å². The lowest BCUT2D eigenvalue weighted by atomic mass is 9.92. The summed E-state index contributed by atoms with van der Waals surface area (Å²) >= 11 is 0. The molecule has 3 heteroatoms. The van der Waals surface area contributed by atoms with E-state index in [0.29, 0.717) is 18.4 Å². The summed E-state index contributed by atoms with van der Waals surface area (Å²) in [6, 6.07) is 0. The molecule has 0 spiro atoms. The van der Waals surface area contributed by atoms with E-state index in [2.05, 4.69) is 31.0 Å². The van der Waals surface area contributed by atoms with Gasteiger partial charge in [-0.2, -0.15) is 0 Å². The van der Waals surface area contributed by atoms with Crippen LogP contribution in [0, 0.1) is 11.8 Å². The maximum absolute atomic E-state index is 10.1. The lowest BCUT2D eigenvalue weighted by Crippen LogP contribution is -2.44. The molecule has 0 radical (unpaired) electrons. The van der Waals surface area contributed by atoms with Crippen molar-refractivity contribution in [2.24, 2.45) is 11.8 Å². The van der Waals surface area contributed by atoms with Gasteiger partial charge in [-0.15, -0.1) is 0 Å². The van der Waals surface area contributed by atoms with Crippen LogP contribution in [-0.4, -0.2) is 48.3 Å². The summed E-state index contributed by atoms with van der Waals surface area (Å²) in [6.07, 6.45) is 2.73. The zero-order valence-electron chi connectivity index (χ0n) is 12.0. The predicted octanol–water partition coefficient (Wildman–Crippen LogP) is 1.71. The molecular formula is C14H30N2O. The first-order valence-corrected chi connectivity index (χ1v) is 7.07. The van der Waals surface area contributed by atoms with E-state index >= 15 is 0 Å². The molecule has 0 bridgehead atoms. The van der Waals surface area contributed by atoms with Crippen LogP contribution in [0.2, 0.25) is 0 Å². The van der Waals surface area contributed by atoms with Crippen molar-refractivity contribution >= 4 is 0 Å². The summed E-state index contributed by atoms with van der Waals surface area (Å²) in [6.45, 7) is 13.8. The first-order chi connectivity index (χ1) is 7.92. The Morgan fingerprint density at radius 3 is 2.35 bits per heavy atom. The van der Waals surface area contributed by atoms with Gasteiger partial charge in [-0.3, -0.25) is 0 Å². The van der Waals surface area contributed by atoms with Crippen molar-refractivity contribution < 1.29 is 5.11 Å². The molecule has 0 aromatic carbocycles. The summed E-state index contributed by atoms with van der Waals surface area (Å²) in [5.74, 6) is 0.958. The Kier molecular flexibility index (Phi) is 5.90. The standard InChI is InChI=1S/C14H30N2O/c1-12(2)14(4,17)11-15-9-13(3)10-16-7-5-6-8-16/h12-13,15,17H,5-11H2,1-4H3. The molecule has 1 heterocycles. The monoisotopic (exact) mass is 242 g/mol. The normalized spacial score (nSPS) is 22.9. The van der Waals surface area contributed by atoms with Gasteiger partial charge in [0.15, 0.2) is 0 Å². The molecule has 0 aromatic heterocycles. The number of likely N-dealkylation sites (tertiary alicyclic amines) is 1. The van der Waals surface area contributed by atoms with Gasteiger partial charge in [-0.25, -0.2) is 0 Å². The lowest BCUT2D eigenvalue weighted by molar-refractivity contribution is 0.0135. The fraction of sp³-hybridized carbons (Fsp3) is 1.00. The molecule has 102 valence electrons. The van der Waals surface area contributed by atoms with Gasteiger partial charge in [0, 0.05) is 13.1 Å². The zero-order chi connectivity index (χ0) is 12.9. The molecule has 1 aliphatic heterocycles. The van der Waals surface area contributed by atoms with Crippen molar-refractivity contribution in [3.63, 3.8) is 0 Å². The van der Waals surface area contributed by atoms with E-state index in [1.165, 1.54) is 32.5 Å². The van der Waals surface area contributed by atoms with Crippen LogP contribution in [0.15, 0.2) is 0 Å². The third kappa shape index (κ3) is 5.36. The highest BCUT2D eigenvalue weighted by molar-refractivity contribution is 4.79. The molecule has 2 atom stereocenters. The Morgan fingerprint density at radius 1 is 1.24 bits per heavy atom. The van der Waals surface area contributed by atoms with Gasteiger partial charge in [0.2, 0.25) is 0 Å². The summed E-state index contributed by atoms with van der Waals surface area (Å²) < 4.78 is 0. The van der Waals surface area contributed by atoms with Gasteiger partial charge < -0.3 is 15.3 Å². The summed E-state index contributed by atoms with van der Waals surface area (Å²) in [5, 5.41) is 13.5. The maximum atomic E-state index is 10.1. The molecule has 0 saturated carbocycles. The van der Waals surface area contributed by atoms with Gasteiger partial charge in [0.25, 0.3) is 0 Å². The van der Waals surface area contributed by atoms with E-state index < -0.39 is 5.60 Å².